The van der Waals surface area contributed by atoms with Crippen molar-refractivity contribution in [3.63, 3.8) is 0 Å². The molecule has 0 aromatic heterocycles. The first-order valence-corrected chi connectivity index (χ1v) is 9.50. The Hall–Kier alpha value is -1.01. The number of nitrogens with two attached hydrogens (primary N) is 1. The number of benzene rings is 1. The van der Waals surface area contributed by atoms with E-state index >= 15 is 0 Å². The van der Waals surface area contributed by atoms with Gasteiger partial charge < -0.3 is 15.5 Å². The van der Waals surface area contributed by atoms with Gasteiger partial charge in [-0.3, -0.25) is 9.59 Å². The molecule has 2 atom stereocenters. The van der Waals surface area contributed by atoms with Crippen molar-refractivity contribution in [2.24, 2.45) is 11.7 Å². The van der Waals surface area contributed by atoms with Gasteiger partial charge in [0, 0.05) is 38.1 Å². The van der Waals surface area contributed by atoms with E-state index in [1.807, 2.05) is 4.90 Å². The van der Waals surface area contributed by atoms with Gasteiger partial charge in [0.2, 0.25) is 5.91 Å². The molecule has 2 unspecified atom stereocenters. The number of rotatable bonds is 2. The number of nitrogens with zero attached hydrogens (tertiary/aromatic N) is 2. The van der Waals surface area contributed by atoms with Crippen molar-refractivity contribution in [1.29, 1.82) is 0 Å². The minimum atomic E-state index is -0.140. The van der Waals surface area contributed by atoms with Crippen LogP contribution in [0.3, 0.4) is 0 Å². The van der Waals surface area contributed by atoms with Crippen LogP contribution in [-0.4, -0.2) is 53.8 Å². The normalized spacial score (nSPS) is 23.3. The Morgan fingerprint density at radius 1 is 1.04 bits per heavy atom. The lowest BCUT2D eigenvalue weighted by Crippen LogP contribution is -2.52. The molecule has 1 aromatic carbocycles. The van der Waals surface area contributed by atoms with Crippen LogP contribution < -0.4 is 5.73 Å². The van der Waals surface area contributed by atoms with Crippen LogP contribution in [0.1, 0.15) is 36.0 Å². The highest BCUT2D eigenvalue weighted by molar-refractivity contribution is 6.43. The van der Waals surface area contributed by atoms with E-state index in [0.717, 1.165) is 25.7 Å². The molecule has 1 heterocycles. The molecule has 0 radical (unpaired) electrons. The van der Waals surface area contributed by atoms with Gasteiger partial charge in [0.15, 0.2) is 0 Å². The van der Waals surface area contributed by atoms with Crippen LogP contribution in [0, 0.1) is 5.92 Å². The molecule has 8 heteroatoms. The SMILES string of the molecule is Cl.NC1CCCC(C(=O)N2CCN(C(=O)c3cccc(Cl)c3Cl)CC2)C1. The Kier molecular flexibility index (Phi) is 7.59. The lowest BCUT2D eigenvalue weighted by Gasteiger charge is -2.38. The zero-order chi connectivity index (χ0) is 18.0. The quantitative estimate of drug-likeness (QED) is 0.799. The van der Waals surface area contributed by atoms with Gasteiger partial charge in [-0.25, -0.2) is 0 Å². The molecule has 1 aliphatic heterocycles. The minimum Gasteiger partial charge on any atom is -0.339 e. The monoisotopic (exact) mass is 419 g/mol. The highest BCUT2D eigenvalue weighted by Crippen LogP contribution is 2.28. The summed E-state index contributed by atoms with van der Waals surface area (Å²) in [5, 5.41) is 0.652. The lowest BCUT2D eigenvalue weighted by atomic mass is 9.85. The highest BCUT2D eigenvalue weighted by atomic mass is 35.5. The number of carbonyl (C=O) groups excluding carboxylic acids is 2. The summed E-state index contributed by atoms with van der Waals surface area (Å²) >= 11 is 12.1. The minimum absolute atomic E-state index is 0. The first-order valence-electron chi connectivity index (χ1n) is 8.75. The number of amides is 2. The fourth-order valence-electron chi connectivity index (χ4n) is 3.68. The topological polar surface area (TPSA) is 66.6 Å². The van der Waals surface area contributed by atoms with Crippen LogP contribution >= 0.6 is 35.6 Å². The van der Waals surface area contributed by atoms with Gasteiger partial charge in [-0.1, -0.05) is 35.7 Å². The van der Waals surface area contributed by atoms with E-state index in [4.69, 9.17) is 28.9 Å². The third kappa shape index (κ3) is 4.63. The Morgan fingerprint density at radius 3 is 2.35 bits per heavy atom. The first kappa shape index (κ1) is 21.3. The van der Waals surface area contributed by atoms with Gasteiger partial charge >= 0.3 is 0 Å². The molecule has 1 saturated heterocycles. The maximum Gasteiger partial charge on any atom is 0.255 e. The summed E-state index contributed by atoms with van der Waals surface area (Å²) < 4.78 is 0. The van der Waals surface area contributed by atoms with E-state index in [-0.39, 0.29) is 41.2 Å². The largest absolute Gasteiger partial charge is 0.339 e. The van der Waals surface area contributed by atoms with Gasteiger partial charge in [0.05, 0.1) is 15.6 Å². The standard InChI is InChI=1S/C18H23Cl2N3O2.ClH/c19-15-6-2-5-14(16(15)20)18(25)23-9-7-22(8-10-23)17(24)12-3-1-4-13(21)11-12;/h2,5-6,12-13H,1,3-4,7-11,21H2;1H. The van der Waals surface area contributed by atoms with Gasteiger partial charge in [0.25, 0.3) is 5.91 Å². The third-order valence-electron chi connectivity index (χ3n) is 5.12. The maximum absolute atomic E-state index is 12.7. The average molecular weight is 421 g/mol. The summed E-state index contributed by atoms with van der Waals surface area (Å²) in [5.41, 5.74) is 6.41. The van der Waals surface area contributed by atoms with Crippen LogP contribution in [0.25, 0.3) is 0 Å². The van der Waals surface area contributed by atoms with Crippen molar-refractivity contribution in [2.45, 2.75) is 31.7 Å². The summed E-state index contributed by atoms with van der Waals surface area (Å²) in [5.74, 6) is 0.0794. The highest BCUT2D eigenvalue weighted by Gasteiger charge is 2.32. The molecule has 1 aliphatic carbocycles. The van der Waals surface area contributed by atoms with E-state index in [1.54, 1.807) is 23.1 Å². The Bertz CT molecular complexity index is 663. The fourth-order valence-corrected chi connectivity index (χ4v) is 4.06. The molecular formula is C18H24Cl3N3O2. The van der Waals surface area contributed by atoms with Crippen LogP contribution in [-0.2, 0) is 4.79 Å². The van der Waals surface area contributed by atoms with Crippen LogP contribution in [0.4, 0.5) is 0 Å². The van der Waals surface area contributed by atoms with Gasteiger partial charge in [-0.2, -0.15) is 0 Å². The van der Waals surface area contributed by atoms with E-state index in [0.29, 0.717) is 36.8 Å². The molecular weight excluding hydrogens is 397 g/mol. The Balaban J connectivity index is 0.00000243. The molecule has 2 amide bonds. The van der Waals surface area contributed by atoms with Crippen molar-refractivity contribution in [3.8, 4) is 0 Å². The molecule has 5 nitrogen and oxygen atoms in total. The summed E-state index contributed by atoms with van der Waals surface area (Å²) in [7, 11) is 0. The van der Waals surface area contributed by atoms with Crippen molar-refractivity contribution < 1.29 is 9.59 Å². The molecule has 1 saturated carbocycles. The third-order valence-corrected chi connectivity index (χ3v) is 5.94. The van der Waals surface area contributed by atoms with Gasteiger partial charge in [-0.15, -0.1) is 12.4 Å². The van der Waals surface area contributed by atoms with Gasteiger partial charge in [-0.05, 0) is 31.4 Å². The number of hydrogen-bond donors (Lipinski definition) is 1. The maximum atomic E-state index is 12.7. The molecule has 0 spiro atoms. The van der Waals surface area contributed by atoms with E-state index in [2.05, 4.69) is 0 Å². The van der Waals surface area contributed by atoms with E-state index in [1.165, 1.54) is 0 Å². The van der Waals surface area contributed by atoms with Crippen molar-refractivity contribution in [3.05, 3.63) is 33.8 Å². The van der Waals surface area contributed by atoms with Crippen LogP contribution in [0.15, 0.2) is 18.2 Å². The fraction of sp³-hybridized carbons (Fsp3) is 0.556. The molecule has 3 rings (SSSR count). The summed E-state index contributed by atoms with van der Waals surface area (Å²) in [4.78, 5) is 28.9. The second kappa shape index (κ2) is 9.27. The predicted molar refractivity (Wildman–Crippen MR) is 106 cm³/mol. The molecule has 2 N–H and O–H groups in total. The van der Waals surface area contributed by atoms with Crippen molar-refractivity contribution in [1.82, 2.24) is 9.80 Å². The summed E-state index contributed by atoms with van der Waals surface area (Å²) in [6, 6.07) is 5.19. The number of hydrogen-bond acceptors (Lipinski definition) is 3. The zero-order valence-electron chi connectivity index (χ0n) is 14.5. The molecule has 144 valence electrons. The van der Waals surface area contributed by atoms with Crippen LogP contribution in [0.5, 0.6) is 0 Å². The molecule has 0 bridgehead atoms. The van der Waals surface area contributed by atoms with Crippen LogP contribution in [0.2, 0.25) is 10.0 Å². The zero-order valence-corrected chi connectivity index (χ0v) is 16.8. The second-order valence-electron chi connectivity index (χ2n) is 6.84. The van der Waals surface area contributed by atoms with Crippen molar-refractivity contribution in [2.75, 3.05) is 26.2 Å². The lowest BCUT2D eigenvalue weighted by molar-refractivity contribution is -0.138. The number of piperazine rings is 1. The number of halogens is 3. The smallest absolute Gasteiger partial charge is 0.255 e. The Morgan fingerprint density at radius 2 is 1.69 bits per heavy atom. The molecule has 1 aromatic rings. The molecule has 2 fully saturated rings. The predicted octanol–water partition coefficient (Wildman–Crippen LogP) is 3.22. The molecule has 2 aliphatic rings. The van der Waals surface area contributed by atoms with E-state index < -0.39 is 0 Å². The summed E-state index contributed by atoms with van der Waals surface area (Å²) in [6.07, 6.45) is 3.72. The molecule has 26 heavy (non-hydrogen) atoms. The van der Waals surface area contributed by atoms with E-state index in [9.17, 15) is 9.59 Å². The van der Waals surface area contributed by atoms with Crippen molar-refractivity contribution >= 4 is 47.4 Å². The van der Waals surface area contributed by atoms with Gasteiger partial charge in [0.1, 0.15) is 0 Å². The number of carbonyl (C=O) groups is 2. The summed E-state index contributed by atoms with van der Waals surface area (Å²) in [6.45, 7) is 2.11. The second-order valence-corrected chi connectivity index (χ2v) is 7.63. The first-order chi connectivity index (χ1) is 12.0. The Labute approximate surface area is 170 Å². The average Bonchev–Trinajstić information content (AvgIpc) is 2.63.